The van der Waals surface area contributed by atoms with Crippen LogP contribution in [0.25, 0.3) is 0 Å². The minimum Gasteiger partial charge on any atom is -1.00 e. The zero-order valence-corrected chi connectivity index (χ0v) is 13.5. The van der Waals surface area contributed by atoms with Crippen LogP contribution >= 0.6 is 0 Å². The minimum atomic E-state index is 0. The first kappa shape index (κ1) is 88.9. The van der Waals surface area contributed by atoms with Crippen LogP contribution in [0.2, 0.25) is 0 Å². The predicted octanol–water partition coefficient (Wildman–Crippen LogP) is -21.0. The van der Waals surface area contributed by atoms with E-state index in [1.165, 1.54) is 0 Å². The Labute approximate surface area is 142 Å². The van der Waals surface area contributed by atoms with Gasteiger partial charge in [0.15, 0.2) is 0 Å². The molecule has 0 aliphatic heterocycles. The zero-order chi connectivity index (χ0) is 0. The van der Waals surface area contributed by atoms with Crippen LogP contribution < -0.4 is 104 Å². The zero-order valence-electron chi connectivity index (χ0n) is 3.77. The fourth-order valence-corrected chi connectivity index (χ4v) is 0. The van der Waals surface area contributed by atoms with E-state index in [-0.39, 0.29) is 145 Å². The number of halogens is 6. The van der Waals surface area contributed by atoms with Crippen LogP contribution in [0.3, 0.4) is 0 Å². The van der Waals surface area contributed by atoms with E-state index in [2.05, 4.69) is 0 Å². The number of hydrogen-bond donors (Lipinski definition) is 0. The molecule has 0 fully saturated rings. The number of hydrogen-bond acceptors (Lipinski definition) is 0. The second kappa shape index (κ2) is 67.5. The first-order valence-electron chi connectivity index (χ1n) is 0. The van der Waals surface area contributed by atoms with Crippen LogP contribution in [0.5, 0.6) is 0 Å². The quantitative estimate of drug-likeness (QED) is 0.367. The normalized spacial score (nSPS) is 0. The smallest absolute Gasteiger partial charge is 1.00 e. The van der Waals surface area contributed by atoms with Crippen LogP contribution in [-0.4, -0.2) is 0 Å². The molecule has 0 aromatic heterocycles. The molecule has 49 valence electrons. The average Bonchev–Trinajstić information content (AvgIpc) is 0. The molecule has 0 aromatic carbocycles. The van der Waals surface area contributed by atoms with Crippen molar-refractivity contribution in [2.24, 2.45) is 0 Å². The van der Waals surface area contributed by atoms with Crippen LogP contribution in [-0.2, 0) is 0 Å². The molecule has 0 aromatic rings. The monoisotopic (exact) mass is 375 g/mol. The molecule has 0 spiro atoms. The van der Waals surface area contributed by atoms with E-state index in [0.29, 0.717) is 0 Å². The first-order chi connectivity index (χ1) is 0. The summed E-state index contributed by atoms with van der Waals surface area (Å²) in [5, 5.41) is 0. The van der Waals surface area contributed by atoms with Gasteiger partial charge in [-0.2, -0.15) is 0 Å². The molecule has 0 unspecified atom stereocenters. The largest absolute Gasteiger partial charge is 3.00 e. The molecule has 0 aliphatic carbocycles. The Morgan fingerprint density at radius 1 is 0.375 bits per heavy atom. The average molecular weight is 380 g/mol. The van der Waals surface area contributed by atoms with E-state index >= 15 is 0 Å². The van der Waals surface area contributed by atoms with Crippen molar-refractivity contribution in [3.8, 4) is 0 Å². The van der Waals surface area contributed by atoms with Crippen molar-refractivity contribution in [1.29, 1.82) is 0 Å². The van der Waals surface area contributed by atoms with Gasteiger partial charge in [0.1, 0.15) is 0 Å². The molecule has 0 amide bonds. The summed E-state index contributed by atoms with van der Waals surface area (Å²) in [7, 11) is 0. The number of rotatable bonds is 0. The molecule has 0 N–H and O–H groups in total. The topological polar surface area (TPSA) is 0 Å². The van der Waals surface area contributed by atoms with Crippen molar-refractivity contribution < 1.29 is 145 Å². The molecule has 0 bridgehead atoms. The van der Waals surface area contributed by atoms with Crippen molar-refractivity contribution in [1.82, 2.24) is 0 Å². The summed E-state index contributed by atoms with van der Waals surface area (Å²) in [5.41, 5.74) is 0. The Hall–Kier alpha value is 4.09. The summed E-state index contributed by atoms with van der Waals surface area (Å²) in [6.45, 7) is 0. The molecule has 0 aliphatic rings. The molecule has 8 heavy (non-hydrogen) atoms. The molecule has 0 heterocycles. The molecule has 1 radical (unpaired) electrons. The van der Waals surface area contributed by atoms with Gasteiger partial charge in [0, 0.05) is 0 Å². The maximum atomic E-state index is 0. The predicted molar refractivity (Wildman–Crippen MR) is 0 cm³/mol. The summed E-state index contributed by atoms with van der Waals surface area (Å²) < 4.78 is 0. The molecular weight excluding hydrogens is 380 g/mol. The second-order valence-corrected chi connectivity index (χ2v) is 0. The van der Waals surface area contributed by atoms with E-state index in [1.807, 2.05) is 0 Å². The summed E-state index contributed by atoms with van der Waals surface area (Å²) >= 11 is 0. The van der Waals surface area contributed by atoms with E-state index < -0.39 is 0 Å². The van der Waals surface area contributed by atoms with E-state index in [4.69, 9.17) is 0 Å². The van der Waals surface area contributed by atoms with Crippen LogP contribution in [0.15, 0.2) is 0 Å². The SMILES string of the molecule is [Cl-].[Cl-].[Cl-].[Cl-].[Cl-].[Cl-].[Na+].[Nd+3]. The van der Waals surface area contributed by atoms with Crippen molar-refractivity contribution in [2.45, 2.75) is 0 Å². The molecule has 0 saturated carbocycles. The van der Waals surface area contributed by atoms with Gasteiger partial charge >= 0.3 is 70.4 Å². The summed E-state index contributed by atoms with van der Waals surface area (Å²) in [6.07, 6.45) is 0. The Kier molecular flexibility index (Phi) is 750. The van der Waals surface area contributed by atoms with Crippen LogP contribution in [0.1, 0.15) is 0 Å². The molecule has 8 heteroatoms. The van der Waals surface area contributed by atoms with Crippen LogP contribution in [0, 0.1) is 40.8 Å². The van der Waals surface area contributed by atoms with Crippen molar-refractivity contribution in [2.75, 3.05) is 0 Å². The minimum absolute atomic E-state index is 0. The van der Waals surface area contributed by atoms with Gasteiger partial charge in [0.25, 0.3) is 0 Å². The van der Waals surface area contributed by atoms with Crippen molar-refractivity contribution >= 4 is 0 Å². The maximum absolute atomic E-state index is 0. The van der Waals surface area contributed by atoms with Crippen molar-refractivity contribution in [3.63, 3.8) is 0 Å². The third kappa shape index (κ3) is 49.8. The molecular formula is Cl6NaNd-2. The van der Waals surface area contributed by atoms with Gasteiger partial charge in [-0.05, 0) is 0 Å². The fraction of sp³-hybridized carbons (Fsp3) is 0. The Balaban J connectivity index is 0. The Morgan fingerprint density at radius 2 is 0.375 bits per heavy atom. The van der Waals surface area contributed by atoms with E-state index in [1.54, 1.807) is 0 Å². The summed E-state index contributed by atoms with van der Waals surface area (Å²) in [5.74, 6) is 0. The third-order valence-electron chi connectivity index (χ3n) is 0. The molecule has 0 nitrogen and oxygen atoms in total. The summed E-state index contributed by atoms with van der Waals surface area (Å²) in [4.78, 5) is 0. The van der Waals surface area contributed by atoms with Gasteiger partial charge in [-0.3, -0.25) is 0 Å². The first-order valence-corrected chi connectivity index (χ1v) is 0. The molecule has 0 atom stereocenters. The maximum Gasteiger partial charge on any atom is 3.00 e. The fourth-order valence-electron chi connectivity index (χ4n) is 0. The van der Waals surface area contributed by atoms with Crippen molar-refractivity contribution in [3.05, 3.63) is 0 Å². The Morgan fingerprint density at radius 3 is 0.375 bits per heavy atom. The van der Waals surface area contributed by atoms with Gasteiger partial charge in [0.05, 0.1) is 0 Å². The Bertz CT molecular complexity index is 8.49. The van der Waals surface area contributed by atoms with Gasteiger partial charge in [-0.1, -0.05) is 0 Å². The standard InChI is InChI=1S/6ClH.Na.Nd/h6*1H;;/q;;;;;;+1;+3/p-6. The van der Waals surface area contributed by atoms with Gasteiger partial charge < -0.3 is 74.4 Å². The molecule has 0 saturated heterocycles. The summed E-state index contributed by atoms with van der Waals surface area (Å²) in [6, 6.07) is 0. The van der Waals surface area contributed by atoms with E-state index in [9.17, 15) is 0 Å². The van der Waals surface area contributed by atoms with E-state index in [0.717, 1.165) is 0 Å². The van der Waals surface area contributed by atoms with Crippen LogP contribution in [0.4, 0.5) is 0 Å². The van der Waals surface area contributed by atoms with Gasteiger partial charge in [0.2, 0.25) is 0 Å². The molecule has 0 rings (SSSR count). The third-order valence-corrected chi connectivity index (χ3v) is 0. The second-order valence-electron chi connectivity index (χ2n) is 0. The van der Waals surface area contributed by atoms with Gasteiger partial charge in [-0.25, -0.2) is 0 Å². The van der Waals surface area contributed by atoms with Gasteiger partial charge in [-0.15, -0.1) is 0 Å².